The molecule has 7 heteroatoms. The van der Waals surface area contributed by atoms with Crippen LogP contribution in [0.4, 0.5) is 22.0 Å². The lowest BCUT2D eigenvalue weighted by Crippen LogP contribution is -2.49. The summed E-state index contributed by atoms with van der Waals surface area (Å²) in [5.41, 5.74) is 1.27. The molecule has 0 saturated carbocycles. The molecule has 0 fully saturated rings. The van der Waals surface area contributed by atoms with Gasteiger partial charge < -0.3 is 0 Å². The van der Waals surface area contributed by atoms with Gasteiger partial charge in [0, 0.05) is 0 Å². The number of benzene rings is 1. The first-order valence-corrected chi connectivity index (χ1v) is 4.26. The van der Waals surface area contributed by atoms with Gasteiger partial charge in [0.1, 0.15) is 6.04 Å². The van der Waals surface area contributed by atoms with Crippen molar-refractivity contribution in [1.82, 2.24) is 5.43 Å². The van der Waals surface area contributed by atoms with E-state index in [0.717, 1.165) is 12.1 Å². The minimum absolute atomic E-state index is 0.229. The van der Waals surface area contributed by atoms with E-state index in [1.165, 1.54) is 23.6 Å². The number of nitrogens with one attached hydrogen (secondary N) is 1. The van der Waals surface area contributed by atoms with Crippen molar-refractivity contribution in [3.8, 4) is 0 Å². The van der Waals surface area contributed by atoms with Crippen molar-refractivity contribution in [1.29, 1.82) is 0 Å². The van der Waals surface area contributed by atoms with E-state index < -0.39 is 18.1 Å². The molecule has 0 amide bonds. The largest absolute Gasteiger partial charge is 0.455 e. The minimum Gasteiger partial charge on any atom is -0.271 e. The fourth-order valence-corrected chi connectivity index (χ4v) is 1.22. The first-order valence-electron chi connectivity index (χ1n) is 4.26. The number of hydrazine groups is 1. The van der Waals surface area contributed by atoms with Gasteiger partial charge in [0.15, 0.2) is 0 Å². The maximum Gasteiger partial charge on any atom is 0.455 e. The van der Waals surface area contributed by atoms with Gasteiger partial charge in [0.2, 0.25) is 0 Å². The molecule has 0 aliphatic rings. The summed E-state index contributed by atoms with van der Waals surface area (Å²) >= 11 is 0. The van der Waals surface area contributed by atoms with E-state index in [4.69, 9.17) is 5.84 Å². The van der Waals surface area contributed by atoms with Crippen LogP contribution in [0.15, 0.2) is 30.3 Å². The zero-order valence-electron chi connectivity index (χ0n) is 7.93. The molecule has 1 aromatic carbocycles. The average molecular weight is 240 g/mol. The topological polar surface area (TPSA) is 38.0 Å². The average Bonchev–Trinajstić information content (AvgIpc) is 2.18. The Labute approximate surface area is 88.2 Å². The molecule has 3 N–H and O–H groups in total. The summed E-state index contributed by atoms with van der Waals surface area (Å²) in [7, 11) is 0. The van der Waals surface area contributed by atoms with Gasteiger partial charge in [-0.25, -0.2) is 5.43 Å². The third-order valence-electron chi connectivity index (χ3n) is 2.04. The van der Waals surface area contributed by atoms with Crippen LogP contribution < -0.4 is 11.3 Å². The van der Waals surface area contributed by atoms with Crippen LogP contribution in [0.1, 0.15) is 11.6 Å². The van der Waals surface area contributed by atoms with E-state index in [1.54, 1.807) is 0 Å². The number of alkyl halides is 5. The molecule has 2 nitrogen and oxygen atoms in total. The lowest BCUT2D eigenvalue weighted by molar-refractivity contribution is -0.294. The highest BCUT2D eigenvalue weighted by atomic mass is 19.4. The SMILES string of the molecule is NNC(c1ccccc1)C(F)(F)C(F)(F)F. The van der Waals surface area contributed by atoms with Crippen molar-refractivity contribution < 1.29 is 22.0 Å². The second kappa shape index (κ2) is 4.34. The number of hydrogen-bond acceptors (Lipinski definition) is 2. The Morgan fingerprint density at radius 1 is 1.00 bits per heavy atom. The van der Waals surface area contributed by atoms with Crippen LogP contribution >= 0.6 is 0 Å². The van der Waals surface area contributed by atoms with Crippen molar-refractivity contribution in [3.05, 3.63) is 35.9 Å². The Hall–Kier alpha value is -1.21. The molecule has 0 aromatic heterocycles. The van der Waals surface area contributed by atoms with Crippen LogP contribution in [0, 0.1) is 0 Å². The van der Waals surface area contributed by atoms with Gasteiger partial charge in [-0.3, -0.25) is 5.84 Å². The number of halogens is 5. The van der Waals surface area contributed by atoms with Gasteiger partial charge in [-0.2, -0.15) is 22.0 Å². The molecule has 0 saturated heterocycles. The zero-order chi connectivity index (χ0) is 12.4. The van der Waals surface area contributed by atoms with E-state index in [-0.39, 0.29) is 5.56 Å². The van der Waals surface area contributed by atoms with Crippen molar-refractivity contribution in [3.63, 3.8) is 0 Å². The molecule has 1 unspecified atom stereocenters. The molecule has 0 aliphatic carbocycles. The maximum atomic E-state index is 13.0. The van der Waals surface area contributed by atoms with E-state index in [1.807, 2.05) is 0 Å². The minimum atomic E-state index is -5.65. The summed E-state index contributed by atoms with van der Waals surface area (Å²) in [4.78, 5) is 0. The van der Waals surface area contributed by atoms with Gasteiger partial charge in [-0.15, -0.1) is 0 Å². The molecule has 1 rings (SSSR count). The third kappa shape index (κ3) is 2.30. The normalized spacial score (nSPS) is 14.9. The van der Waals surface area contributed by atoms with Gasteiger partial charge >= 0.3 is 12.1 Å². The predicted molar refractivity (Wildman–Crippen MR) is 47.5 cm³/mol. The number of rotatable bonds is 3. The Bertz CT molecular complexity index is 336. The van der Waals surface area contributed by atoms with Gasteiger partial charge in [-0.05, 0) is 5.56 Å². The number of nitrogens with two attached hydrogens (primary N) is 1. The second-order valence-electron chi connectivity index (χ2n) is 3.13. The molecule has 1 aromatic rings. The smallest absolute Gasteiger partial charge is 0.271 e. The Morgan fingerprint density at radius 2 is 1.50 bits per heavy atom. The van der Waals surface area contributed by atoms with Gasteiger partial charge in [-0.1, -0.05) is 30.3 Å². The Morgan fingerprint density at radius 3 is 1.88 bits per heavy atom. The van der Waals surface area contributed by atoms with Crippen molar-refractivity contribution in [2.24, 2.45) is 5.84 Å². The van der Waals surface area contributed by atoms with Gasteiger partial charge in [0.05, 0.1) is 0 Å². The van der Waals surface area contributed by atoms with E-state index in [9.17, 15) is 22.0 Å². The summed E-state index contributed by atoms with van der Waals surface area (Å²) in [6.07, 6.45) is -5.65. The van der Waals surface area contributed by atoms with Gasteiger partial charge in [0.25, 0.3) is 0 Å². The second-order valence-corrected chi connectivity index (χ2v) is 3.13. The third-order valence-corrected chi connectivity index (χ3v) is 2.04. The number of hydrogen-bond donors (Lipinski definition) is 2. The highest BCUT2D eigenvalue weighted by Gasteiger charge is 2.62. The Balaban J connectivity index is 3.09. The van der Waals surface area contributed by atoms with Crippen LogP contribution in [0.3, 0.4) is 0 Å². The molecule has 0 bridgehead atoms. The molecule has 90 valence electrons. The predicted octanol–water partition coefficient (Wildman–Crippen LogP) is 2.39. The maximum absolute atomic E-state index is 13.0. The summed E-state index contributed by atoms with van der Waals surface area (Å²) in [5, 5.41) is 0. The Kier molecular flexibility index (Phi) is 3.49. The lowest BCUT2D eigenvalue weighted by atomic mass is 10.0. The quantitative estimate of drug-likeness (QED) is 0.483. The molecule has 1 atom stereocenters. The van der Waals surface area contributed by atoms with Crippen LogP contribution in [-0.4, -0.2) is 12.1 Å². The van der Waals surface area contributed by atoms with Crippen LogP contribution in [0.5, 0.6) is 0 Å². The highest BCUT2D eigenvalue weighted by molar-refractivity contribution is 5.21. The first kappa shape index (κ1) is 12.9. The monoisotopic (exact) mass is 240 g/mol. The molecule has 0 spiro atoms. The summed E-state index contributed by atoms with van der Waals surface area (Å²) in [5.74, 6) is -0.170. The standard InChI is InChI=1S/C9H9F5N2/c10-8(11,9(12,13)14)7(16-15)6-4-2-1-3-5-6/h1-5,7,16H,15H2. The summed E-state index contributed by atoms with van der Waals surface area (Å²) < 4.78 is 62.4. The highest BCUT2D eigenvalue weighted by Crippen LogP contribution is 2.43. The molecular formula is C9H9F5N2. The fourth-order valence-electron chi connectivity index (χ4n) is 1.22. The first-order chi connectivity index (χ1) is 7.30. The molecule has 16 heavy (non-hydrogen) atoms. The van der Waals surface area contributed by atoms with Crippen LogP contribution in [-0.2, 0) is 0 Å². The molecule has 0 aliphatic heterocycles. The lowest BCUT2D eigenvalue weighted by Gasteiger charge is -2.28. The van der Waals surface area contributed by atoms with Crippen molar-refractivity contribution >= 4 is 0 Å². The molecule has 0 heterocycles. The van der Waals surface area contributed by atoms with Crippen molar-refractivity contribution in [2.75, 3.05) is 0 Å². The zero-order valence-corrected chi connectivity index (χ0v) is 7.93. The van der Waals surface area contributed by atoms with E-state index in [2.05, 4.69) is 0 Å². The fraction of sp³-hybridized carbons (Fsp3) is 0.333. The summed E-state index contributed by atoms with van der Waals surface area (Å²) in [6.45, 7) is 0. The van der Waals surface area contributed by atoms with Crippen molar-refractivity contribution in [2.45, 2.75) is 18.1 Å². The molecular weight excluding hydrogens is 231 g/mol. The van der Waals surface area contributed by atoms with Crippen LogP contribution in [0.2, 0.25) is 0 Å². The van der Waals surface area contributed by atoms with E-state index in [0.29, 0.717) is 0 Å². The van der Waals surface area contributed by atoms with E-state index >= 15 is 0 Å². The molecule has 0 radical (unpaired) electrons. The summed E-state index contributed by atoms with van der Waals surface area (Å²) in [6, 6.07) is 4.20. The van der Waals surface area contributed by atoms with Crippen LogP contribution in [0.25, 0.3) is 0 Å².